The van der Waals surface area contributed by atoms with Crippen molar-refractivity contribution in [2.75, 3.05) is 5.01 Å². The first-order chi connectivity index (χ1) is 10.1. The zero-order chi connectivity index (χ0) is 15.0. The van der Waals surface area contributed by atoms with Crippen LogP contribution in [0, 0.1) is 13.8 Å². The molecule has 3 rings (SSSR count). The summed E-state index contributed by atoms with van der Waals surface area (Å²) in [7, 11) is 0. The third-order valence-corrected chi connectivity index (χ3v) is 4.29. The molecular formula is C16H14N2O2S. The Balaban J connectivity index is 1.95. The molecule has 1 aliphatic rings. The average Bonchev–Trinajstić information content (AvgIpc) is 3.06. The normalized spacial score (nSPS) is 16.7. The minimum atomic E-state index is -0.369. The van der Waals surface area contributed by atoms with Gasteiger partial charge in [-0.05, 0) is 54.6 Å². The number of rotatable bonds is 2. The third-order valence-electron chi connectivity index (χ3n) is 3.47. The van der Waals surface area contributed by atoms with E-state index in [0.717, 1.165) is 16.0 Å². The van der Waals surface area contributed by atoms with Crippen LogP contribution in [0.2, 0.25) is 0 Å². The summed E-state index contributed by atoms with van der Waals surface area (Å²) in [6, 6.07) is 9.41. The molecule has 1 aliphatic heterocycles. The summed E-state index contributed by atoms with van der Waals surface area (Å²) in [6.07, 6.45) is 1.63. The second kappa shape index (κ2) is 5.18. The van der Waals surface area contributed by atoms with E-state index in [9.17, 15) is 9.59 Å². The van der Waals surface area contributed by atoms with Crippen molar-refractivity contribution in [2.45, 2.75) is 13.8 Å². The van der Waals surface area contributed by atoms with Crippen LogP contribution < -0.4 is 10.4 Å². The highest BCUT2D eigenvalue weighted by Gasteiger charge is 2.34. The highest BCUT2D eigenvalue weighted by atomic mass is 32.1. The molecule has 1 saturated heterocycles. The second-order valence-corrected chi connectivity index (χ2v) is 5.90. The number of hydrogen-bond acceptors (Lipinski definition) is 3. The van der Waals surface area contributed by atoms with Crippen molar-refractivity contribution in [3.63, 3.8) is 0 Å². The van der Waals surface area contributed by atoms with Crippen molar-refractivity contribution in [3.05, 3.63) is 57.3 Å². The number of anilines is 1. The SMILES string of the molecule is Cc1ccc(N2NC(=O)/C(=C/c3cccs3)C2=O)cc1C. The topological polar surface area (TPSA) is 49.4 Å². The van der Waals surface area contributed by atoms with Gasteiger partial charge in [0.2, 0.25) is 0 Å². The number of hydrogen-bond donors (Lipinski definition) is 1. The van der Waals surface area contributed by atoms with Crippen LogP contribution in [0.4, 0.5) is 5.69 Å². The smallest absolute Gasteiger partial charge is 0.267 e. The van der Waals surface area contributed by atoms with Gasteiger partial charge in [-0.25, -0.2) is 5.01 Å². The summed E-state index contributed by atoms with van der Waals surface area (Å²) in [5, 5.41) is 3.21. The number of carbonyl (C=O) groups excluding carboxylic acids is 2. The van der Waals surface area contributed by atoms with Crippen LogP contribution in [0.1, 0.15) is 16.0 Å². The van der Waals surface area contributed by atoms with Crippen LogP contribution in [0.3, 0.4) is 0 Å². The van der Waals surface area contributed by atoms with Gasteiger partial charge in [0, 0.05) is 4.88 Å². The largest absolute Gasteiger partial charge is 0.282 e. The van der Waals surface area contributed by atoms with Gasteiger partial charge < -0.3 is 0 Å². The van der Waals surface area contributed by atoms with Gasteiger partial charge in [0.1, 0.15) is 5.57 Å². The highest BCUT2D eigenvalue weighted by molar-refractivity contribution is 7.10. The molecule has 0 bridgehead atoms. The maximum absolute atomic E-state index is 12.4. The van der Waals surface area contributed by atoms with Crippen LogP contribution in [-0.4, -0.2) is 11.8 Å². The quantitative estimate of drug-likeness (QED) is 0.684. The third kappa shape index (κ3) is 2.48. The van der Waals surface area contributed by atoms with Gasteiger partial charge in [0.15, 0.2) is 0 Å². The van der Waals surface area contributed by atoms with E-state index in [-0.39, 0.29) is 17.4 Å². The lowest BCUT2D eigenvalue weighted by Gasteiger charge is -2.15. The van der Waals surface area contributed by atoms with Crippen molar-refractivity contribution in [3.8, 4) is 0 Å². The minimum Gasteiger partial charge on any atom is -0.267 e. The molecule has 0 spiro atoms. The van der Waals surface area contributed by atoms with E-state index in [0.29, 0.717) is 5.69 Å². The van der Waals surface area contributed by atoms with Gasteiger partial charge in [0.25, 0.3) is 11.8 Å². The standard InChI is InChI=1S/C16H14N2O2S/c1-10-5-6-12(8-11(10)2)18-16(20)14(15(19)17-18)9-13-4-3-7-21-13/h3-9H,1-2H3,(H,17,19)/b14-9-. The van der Waals surface area contributed by atoms with Crippen molar-refractivity contribution < 1.29 is 9.59 Å². The fourth-order valence-corrected chi connectivity index (χ4v) is 2.78. The predicted molar refractivity (Wildman–Crippen MR) is 83.8 cm³/mol. The van der Waals surface area contributed by atoms with Crippen molar-refractivity contribution >= 4 is 34.9 Å². The van der Waals surface area contributed by atoms with Gasteiger partial charge >= 0.3 is 0 Å². The van der Waals surface area contributed by atoms with E-state index in [4.69, 9.17) is 0 Å². The first kappa shape index (κ1) is 13.6. The monoisotopic (exact) mass is 298 g/mol. The maximum Gasteiger partial charge on any atom is 0.282 e. The van der Waals surface area contributed by atoms with Crippen LogP contribution in [0.25, 0.3) is 6.08 Å². The number of amides is 2. The summed E-state index contributed by atoms with van der Waals surface area (Å²) in [4.78, 5) is 25.3. The molecular weight excluding hydrogens is 284 g/mol. The molecule has 1 fully saturated rings. The molecule has 0 radical (unpaired) electrons. The van der Waals surface area contributed by atoms with Crippen LogP contribution in [0.15, 0.2) is 41.3 Å². The summed E-state index contributed by atoms with van der Waals surface area (Å²) in [6.45, 7) is 3.98. The predicted octanol–water partition coefficient (Wildman–Crippen LogP) is 2.83. The first-order valence-corrected chi connectivity index (χ1v) is 7.42. The van der Waals surface area contributed by atoms with Gasteiger partial charge in [-0.15, -0.1) is 11.3 Å². The lowest BCUT2D eigenvalue weighted by atomic mass is 10.1. The van der Waals surface area contributed by atoms with Crippen molar-refractivity contribution in [1.29, 1.82) is 0 Å². The Kier molecular flexibility index (Phi) is 3.35. The summed E-state index contributed by atoms with van der Waals surface area (Å²) >= 11 is 1.49. The maximum atomic E-state index is 12.4. The fraction of sp³-hybridized carbons (Fsp3) is 0.125. The van der Waals surface area contributed by atoms with Crippen molar-refractivity contribution in [1.82, 2.24) is 5.43 Å². The number of aryl methyl sites for hydroxylation is 2. The van der Waals surface area contributed by atoms with Crippen LogP contribution in [0.5, 0.6) is 0 Å². The Morgan fingerprint density at radius 1 is 1.14 bits per heavy atom. The molecule has 5 heteroatoms. The summed E-state index contributed by atoms with van der Waals surface area (Å²) < 4.78 is 0. The molecule has 0 aliphatic carbocycles. The van der Waals surface area contributed by atoms with Gasteiger partial charge in [0.05, 0.1) is 5.69 Å². The number of carbonyl (C=O) groups is 2. The highest BCUT2D eigenvalue weighted by Crippen LogP contribution is 2.24. The van der Waals surface area contributed by atoms with Crippen molar-refractivity contribution in [2.24, 2.45) is 0 Å². The van der Waals surface area contributed by atoms with E-state index >= 15 is 0 Å². The van der Waals surface area contributed by atoms with Gasteiger partial charge in [-0.1, -0.05) is 12.1 Å². The van der Waals surface area contributed by atoms with Gasteiger partial charge in [-0.2, -0.15) is 0 Å². The minimum absolute atomic E-state index is 0.163. The Morgan fingerprint density at radius 2 is 1.95 bits per heavy atom. The molecule has 1 N–H and O–H groups in total. The van der Waals surface area contributed by atoms with E-state index in [2.05, 4.69) is 5.43 Å². The lowest BCUT2D eigenvalue weighted by molar-refractivity contribution is -0.117. The zero-order valence-electron chi connectivity index (χ0n) is 11.7. The first-order valence-electron chi connectivity index (χ1n) is 6.54. The zero-order valence-corrected chi connectivity index (χ0v) is 12.5. The average molecular weight is 298 g/mol. The summed E-state index contributed by atoms with van der Waals surface area (Å²) in [5.41, 5.74) is 5.66. The fourth-order valence-electron chi connectivity index (χ4n) is 2.12. The molecule has 21 heavy (non-hydrogen) atoms. The summed E-state index contributed by atoms with van der Waals surface area (Å²) in [5.74, 6) is -0.691. The lowest BCUT2D eigenvalue weighted by Crippen LogP contribution is -2.35. The Labute approximate surface area is 126 Å². The Bertz CT molecular complexity index is 748. The van der Waals surface area contributed by atoms with E-state index in [1.165, 1.54) is 16.3 Å². The molecule has 1 aromatic heterocycles. The van der Waals surface area contributed by atoms with E-state index < -0.39 is 0 Å². The number of nitrogens with one attached hydrogen (secondary N) is 1. The van der Waals surface area contributed by atoms with Gasteiger partial charge in [-0.3, -0.25) is 15.0 Å². The van der Waals surface area contributed by atoms with Crippen LogP contribution >= 0.6 is 11.3 Å². The van der Waals surface area contributed by atoms with E-state index in [1.54, 1.807) is 6.08 Å². The molecule has 1 aromatic carbocycles. The number of nitrogens with zero attached hydrogens (tertiary/aromatic N) is 1. The molecule has 4 nitrogen and oxygen atoms in total. The molecule has 106 valence electrons. The van der Waals surface area contributed by atoms with Crippen LogP contribution in [-0.2, 0) is 9.59 Å². The van der Waals surface area contributed by atoms with E-state index in [1.807, 2.05) is 49.6 Å². The Morgan fingerprint density at radius 3 is 2.62 bits per heavy atom. The second-order valence-electron chi connectivity index (χ2n) is 4.92. The molecule has 0 saturated carbocycles. The number of hydrazine groups is 1. The molecule has 2 aromatic rings. The number of thiophene rings is 1. The molecule has 0 unspecified atom stereocenters. The Hall–Kier alpha value is -2.40. The molecule has 2 amide bonds. The molecule has 2 heterocycles. The molecule has 0 atom stereocenters. The number of benzene rings is 1.